The van der Waals surface area contributed by atoms with Gasteiger partial charge in [-0.3, -0.25) is 9.69 Å². The van der Waals surface area contributed by atoms with Gasteiger partial charge in [-0.1, -0.05) is 12.1 Å². The molecule has 0 aliphatic carbocycles. The fraction of sp³-hybridized carbons (Fsp3) is 0.387. The number of aromatic nitrogens is 3. The van der Waals surface area contributed by atoms with Gasteiger partial charge in [0.15, 0.2) is 0 Å². The van der Waals surface area contributed by atoms with Crippen LogP contribution in [0.15, 0.2) is 58.5 Å². The third-order valence-electron chi connectivity index (χ3n) is 8.70. The van der Waals surface area contributed by atoms with E-state index < -0.39 is 29.4 Å². The summed E-state index contributed by atoms with van der Waals surface area (Å²) in [6, 6.07) is 10.6. The monoisotopic (exact) mass is 625 g/mol. The molecule has 0 saturated carbocycles. The van der Waals surface area contributed by atoms with Crippen LogP contribution in [0.2, 0.25) is 0 Å². The molecule has 0 unspecified atom stereocenters. The molecule has 0 spiro atoms. The number of esters is 1. The summed E-state index contributed by atoms with van der Waals surface area (Å²) < 4.78 is 53.1. The Morgan fingerprint density at radius 1 is 1.22 bits per heavy atom. The quantitative estimate of drug-likeness (QED) is 0.226. The van der Waals surface area contributed by atoms with E-state index in [1.54, 1.807) is 25.1 Å². The number of likely N-dealkylation sites (N-methyl/N-ethyl adjacent to an activating group) is 1. The Morgan fingerprint density at radius 3 is 2.60 bits per heavy atom. The molecule has 1 N–H and O–H groups in total. The average Bonchev–Trinajstić information content (AvgIpc) is 3.40. The van der Waals surface area contributed by atoms with Crippen molar-refractivity contribution in [2.24, 2.45) is 0 Å². The molecule has 236 valence electrons. The number of nitriles is 1. The molecule has 1 atom stereocenters. The van der Waals surface area contributed by atoms with Gasteiger partial charge in [-0.15, -0.1) is 5.10 Å². The largest absolute Gasteiger partial charge is 0.466 e. The van der Waals surface area contributed by atoms with Crippen LogP contribution in [0.3, 0.4) is 0 Å². The highest BCUT2D eigenvalue weighted by Crippen LogP contribution is 2.43. The van der Waals surface area contributed by atoms with Crippen molar-refractivity contribution in [1.29, 1.82) is 5.26 Å². The highest BCUT2D eigenvalue weighted by molar-refractivity contribution is 5.93. The van der Waals surface area contributed by atoms with Crippen LogP contribution in [0.5, 0.6) is 0 Å². The lowest BCUT2D eigenvalue weighted by Crippen LogP contribution is -2.52. The molecule has 1 aromatic heterocycles. The lowest BCUT2D eigenvalue weighted by atomic mass is 9.88. The van der Waals surface area contributed by atoms with Crippen LogP contribution in [-0.2, 0) is 31.7 Å². The van der Waals surface area contributed by atoms with Gasteiger partial charge >= 0.3 is 17.8 Å². The first-order valence-corrected chi connectivity index (χ1v) is 14.3. The van der Waals surface area contributed by atoms with Crippen LogP contribution in [0, 0.1) is 11.3 Å². The minimum Gasteiger partial charge on any atom is -0.466 e. The fourth-order valence-electron chi connectivity index (χ4n) is 6.23. The zero-order valence-electron chi connectivity index (χ0n) is 24.9. The minimum absolute atomic E-state index is 0.0129. The zero-order valence-corrected chi connectivity index (χ0v) is 24.9. The predicted molar refractivity (Wildman–Crippen MR) is 155 cm³/mol. The molecular formula is C31H32F3N6O5+. The first kappa shape index (κ1) is 31.5. The van der Waals surface area contributed by atoms with E-state index in [4.69, 9.17) is 9.47 Å². The van der Waals surface area contributed by atoms with Gasteiger partial charge < -0.3 is 14.0 Å². The summed E-state index contributed by atoms with van der Waals surface area (Å²) in [6.07, 6.45) is -2.87. The van der Waals surface area contributed by atoms with Crippen LogP contribution in [0.4, 0.5) is 24.8 Å². The van der Waals surface area contributed by atoms with E-state index in [-0.39, 0.29) is 29.0 Å². The Bertz CT molecular complexity index is 1750. The highest BCUT2D eigenvalue weighted by Gasteiger charge is 2.41. The first-order valence-electron chi connectivity index (χ1n) is 14.3. The Kier molecular flexibility index (Phi) is 8.57. The van der Waals surface area contributed by atoms with Gasteiger partial charge in [-0.2, -0.15) is 18.4 Å². The second kappa shape index (κ2) is 12.2. The number of benzene rings is 2. The zero-order chi connectivity index (χ0) is 32.5. The number of quaternary nitrogens is 1. The molecule has 5 rings (SSSR count). The minimum atomic E-state index is -4.63. The number of ether oxygens (including phenoxy) is 2. The lowest BCUT2D eigenvalue weighted by Gasteiger charge is -2.40. The van der Waals surface area contributed by atoms with Crippen molar-refractivity contribution < 1.29 is 36.7 Å². The van der Waals surface area contributed by atoms with Gasteiger partial charge in [-0.05, 0) is 48.4 Å². The molecule has 11 nitrogen and oxygen atoms in total. The number of nitrogens with zero attached hydrogens (tertiary/aromatic N) is 5. The van der Waals surface area contributed by atoms with Gasteiger partial charge in [0.05, 0.1) is 56.6 Å². The van der Waals surface area contributed by atoms with E-state index in [9.17, 15) is 32.8 Å². The summed E-state index contributed by atoms with van der Waals surface area (Å²) in [5, 5.41) is 16.3. The average molecular weight is 626 g/mol. The van der Waals surface area contributed by atoms with Gasteiger partial charge in [0.1, 0.15) is 12.1 Å². The van der Waals surface area contributed by atoms with Gasteiger partial charge in [0, 0.05) is 30.6 Å². The van der Waals surface area contributed by atoms with Crippen molar-refractivity contribution in [3.8, 4) is 6.07 Å². The number of alkyl halides is 3. The summed E-state index contributed by atoms with van der Waals surface area (Å²) >= 11 is 0. The molecule has 3 aromatic rings. The van der Waals surface area contributed by atoms with E-state index in [0.29, 0.717) is 53.5 Å². The van der Waals surface area contributed by atoms with Crippen molar-refractivity contribution in [2.45, 2.75) is 44.5 Å². The third-order valence-corrected chi connectivity index (χ3v) is 8.70. The van der Waals surface area contributed by atoms with E-state index in [0.717, 1.165) is 25.2 Å². The lowest BCUT2D eigenvalue weighted by molar-refractivity contribution is -0.914. The maximum Gasteiger partial charge on any atom is 0.416 e. The van der Waals surface area contributed by atoms with Gasteiger partial charge in [0.25, 0.3) is 6.47 Å². The number of rotatable bonds is 8. The number of fused-ring (bicyclic) bond motifs is 1. The molecule has 0 amide bonds. The number of allylic oxidation sites excluding steroid dienone is 1. The number of carbonyl (C=O) groups excluding carboxylic acids is 2. The Morgan fingerprint density at radius 2 is 1.96 bits per heavy atom. The van der Waals surface area contributed by atoms with Crippen LogP contribution >= 0.6 is 0 Å². The molecule has 2 aliphatic heterocycles. The standard InChI is InChI=1S/C31H31F3N6O5/c1-19-26(28(42)44-3)27(39-29(36-37-30(39)43)38(19)23-6-4-5-22(16-23)31(32,33)34)25-8-7-20(17-35)15-21(25)9-12-40(2)13-10-24(11-14-40)45-18-41/h4-8,15-16,18,24,27H,9-14H2,1-3H3/p+1/t24?,27-,40?/m1/s1. The summed E-state index contributed by atoms with van der Waals surface area (Å²) in [4.78, 5) is 38.9. The summed E-state index contributed by atoms with van der Waals surface area (Å²) in [6.45, 7) is 4.21. The number of likely N-dealkylation sites (tertiary alicyclic amines) is 1. The fourth-order valence-corrected chi connectivity index (χ4v) is 6.23. The highest BCUT2D eigenvalue weighted by atomic mass is 19.4. The number of aromatic amines is 1. The second-order valence-corrected chi connectivity index (χ2v) is 11.5. The van der Waals surface area contributed by atoms with Crippen LogP contribution in [-0.4, -0.2) is 71.6 Å². The Balaban J connectivity index is 1.62. The molecule has 2 aromatic carbocycles. The number of hydrogen-bond acceptors (Lipinski definition) is 8. The number of hydrogen-bond donors (Lipinski definition) is 1. The van der Waals surface area contributed by atoms with Crippen molar-refractivity contribution in [3.63, 3.8) is 0 Å². The molecule has 14 heteroatoms. The van der Waals surface area contributed by atoms with E-state index in [1.807, 2.05) is 0 Å². The van der Waals surface area contributed by atoms with Crippen molar-refractivity contribution in [2.75, 3.05) is 38.7 Å². The van der Waals surface area contributed by atoms with E-state index in [2.05, 4.69) is 23.3 Å². The molecule has 1 fully saturated rings. The van der Waals surface area contributed by atoms with Gasteiger partial charge in [-0.25, -0.2) is 19.3 Å². The smallest absolute Gasteiger partial charge is 0.416 e. The Labute approximate surface area is 256 Å². The number of methoxy groups -OCH3 is 1. The van der Waals surface area contributed by atoms with E-state index in [1.165, 1.54) is 28.7 Å². The maximum atomic E-state index is 13.6. The number of anilines is 2. The summed E-state index contributed by atoms with van der Waals surface area (Å²) in [7, 11) is 3.28. The van der Waals surface area contributed by atoms with Crippen LogP contribution < -0.4 is 10.6 Å². The predicted octanol–water partition coefficient (Wildman–Crippen LogP) is 3.97. The van der Waals surface area contributed by atoms with Crippen molar-refractivity contribution in [1.82, 2.24) is 14.8 Å². The van der Waals surface area contributed by atoms with Crippen LogP contribution in [0.25, 0.3) is 0 Å². The molecule has 0 radical (unpaired) electrons. The molecule has 1 saturated heterocycles. The van der Waals surface area contributed by atoms with Crippen LogP contribution in [0.1, 0.15) is 48.1 Å². The molecule has 2 aliphatic rings. The number of piperidine rings is 1. The molecular weight excluding hydrogens is 593 g/mol. The van der Waals surface area contributed by atoms with Crippen molar-refractivity contribution >= 4 is 24.1 Å². The SMILES string of the molecule is COC(=O)C1=C(C)N(c2cccc(C(F)(F)F)c2)c2n[nH]c(=O)n2[C@@H]1c1ccc(C#N)cc1CC[N+]1(C)CCC(OC=O)CC1. The first-order chi connectivity index (χ1) is 21.4. The number of carbonyl (C=O) groups is 2. The van der Waals surface area contributed by atoms with E-state index >= 15 is 0 Å². The second-order valence-electron chi connectivity index (χ2n) is 11.5. The van der Waals surface area contributed by atoms with Crippen molar-refractivity contribution in [3.05, 3.63) is 86.5 Å². The molecule has 45 heavy (non-hydrogen) atoms. The number of nitrogens with one attached hydrogen (secondary N) is 1. The van der Waals surface area contributed by atoms with Gasteiger partial charge in [0.2, 0.25) is 5.95 Å². The summed E-state index contributed by atoms with van der Waals surface area (Å²) in [5.41, 5.74) is 0.351. The molecule has 3 heterocycles. The summed E-state index contributed by atoms with van der Waals surface area (Å²) in [5.74, 6) is -0.791. The normalized spacial score (nSPS) is 21.6. The molecule has 0 bridgehead atoms. The third kappa shape index (κ3) is 6.08. The number of H-pyrrole nitrogens is 1. The number of halogens is 3. The maximum absolute atomic E-state index is 13.6. The Hall–Kier alpha value is -4.90. The topological polar surface area (TPSA) is 130 Å².